The van der Waals surface area contributed by atoms with E-state index in [4.69, 9.17) is 8.83 Å². The van der Waals surface area contributed by atoms with Crippen LogP contribution in [0.1, 0.15) is 16.3 Å². The molecule has 0 unspecified atom stereocenters. The lowest BCUT2D eigenvalue weighted by molar-refractivity contribution is 0.0996. The maximum atomic E-state index is 12.5. The van der Waals surface area contributed by atoms with Crippen LogP contribution >= 0.6 is 15.9 Å². The fraction of sp³-hybridized carbons (Fsp3) is 0.0556. The standard InChI is InChI=1S/C18H12BrN3O4/c19-11-3-4-13-14(23)9-16(26-15(13)8-11)18(24)21-17-5-6-20-22(17)10-12-2-1-7-25-12/h1-9H,10H2,(H,21,24). The van der Waals surface area contributed by atoms with Crippen LogP contribution in [0.5, 0.6) is 0 Å². The summed E-state index contributed by atoms with van der Waals surface area (Å²) in [6, 6.07) is 11.5. The molecule has 0 saturated heterocycles. The fourth-order valence-electron chi connectivity index (χ4n) is 2.53. The second-order valence-electron chi connectivity index (χ2n) is 5.52. The molecule has 1 N–H and O–H groups in total. The predicted octanol–water partition coefficient (Wildman–Crippen LogP) is 3.65. The molecule has 0 bridgehead atoms. The summed E-state index contributed by atoms with van der Waals surface area (Å²) in [6.07, 6.45) is 3.13. The lowest BCUT2D eigenvalue weighted by Gasteiger charge is -2.08. The van der Waals surface area contributed by atoms with Crippen molar-refractivity contribution < 1.29 is 13.6 Å². The second-order valence-corrected chi connectivity index (χ2v) is 6.44. The van der Waals surface area contributed by atoms with Crippen LogP contribution in [0.3, 0.4) is 0 Å². The van der Waals surface area contributed by atoms with Gasteiger partial charge in [0.2, 0.25) is 0 Å². The van der Waals surface area contributed by atoms with Crippen molar-refractivity contribution in [1.29, 1.82) is 0 Å². The molecule has 1 aromatic carbocycles. The molecule has 8 heteroatoms. The summed E-state index contributed by atoms with van der Waals surface area (Å²) in [6.45, 7) is 0.365. The van der Waals surface area contributed by atoms with Crippen LogP contribution < -0.4 is 10.7 Å². The topological polar surface area (TPSA) is 90.3 Å². The second kappa shape index (κ2) is 6.64. The lowest BCUT2D eigenvalue weighted by atomic mass is 10.2. The monoisotopic (exact) mass is 413 g/mol. The molecule has 0 aliphatic heterocycles. The van der Waals surface area contributed by atoms with Crippen molar-refractivity contribution >= 4 is 38.6 Å². The number of aromatic nitrogens is 2. The molecule has 0 saturated carbocycles. The highest BCUT2D eigenvalue weighted by atomic mass is 79.9. The number of anilines is 1. The number of nitrogens with one attached hydrogen (secondary N) is 1. The average Bonchev–Trinajstić information content (AvgIpc) is 3.27. The first-order valence-corrected chi connectivity index (χ1v) is 8.48. The van der Waals surface area contributed by atoms with Crippen molar-refractivity contribution in [3.8, 4) is 0 Å². The number of hydrogen-bond donors (Lipinski definition) is 1. The van der Waals surface area contributed by atoms with Gasteiger partial charge in [-0.1, -0.05) is 15.9 Å². The van der Waals surface area contributed by atoms with Crippen molar-refractivity contribution in [3.63, 3.8) is 0 Å². The highest BCUT2D eigenvalue weighted by Gasteiger charge is 2.15. The summed E-state index contributed by atoms with van der Waals surface area (Å²) in [5.74, 6) is 0.547. The Kier molecular flexibility index (Phi) is 4.18. The van der Waals surface area contributed by atoms with E-state index in [2.05, 4.69) is 26.3 Å². The van der Waals surface area contributed by atoms with E-state index in [1.165, 1.54) is 6.07 Å². The van der Waals surface area contributed by atoms with Gasteiger partial charge in [0, 0.05) is 16.6 Å². The molecule has 4 aromatic rings. The quantitative estimate of drug-likeness (QED) is 0.551. The van der Waals surface area contributed by atoms with Crippen LogP contribution in [0.25, 0.3) is 11.0 Å². The number of carbonyl (C=O) groups is 1. The number of fused-ring (bicyclic) bond motifs is 1. The summed E-state index contributed by atoms with van der Waals surface area (Å²) in [5.41, 5.74) is 0.0501. The largest absolute Gasteiger partial charge is 0.467 e. The molecule has 0 radical (unpaired) electrons. The zero-order valence-corrected chi connectivity index (χ0v) is 14.9. The van der Waals surface area contributed by atoms with Crippen molar-refractivity contribution in [2.24, 2.45) is 0 Å². The van der Waals surface area contributed by atoms with Gasteiger partial charge in [0.25, 0.3) is 5.91 Å². The number of nitrogens with zero attached hydrogens (tertiary/aromatic N) is 2. The molecule has 1 amide bonds. The molecule has 26 heavy (non-hydrogen) atoms. The molecule has 0 aliphatic carbocycles. The minimum Gasteiger partial charge on any atom is -0.467 e. The van der Waals surface area contributed by atoms with E-state index in [1.807, 2.05) is 6.07 Å². The summed E-state index contributed by atoms with van der Waals surface area (Å²) >= 11 is 3.32. The maximum Gasteiger partial charge on any atom is 0.292 e. The Balaban J connectivity index is 1.62. The molecule has 7 nitrogen and oxygen atoms in total. The predicted molar refractivity (Wildman–Crippen MR) is 98.2 cm³/mol. The molecular formula is C18H12BrN3O4. The van der Waals surface area contributed by atoms with E-state index in [0.29, 0.717) is 29.1 Å². The number of hydrogen-bond acceptors (Lipinski definition) is 5. The third-order valence-electron chi connectivity index (χ3n) is 3.76. The van der Waals surface area contributed by atoms with Crippen molar-refractivity contribution in [1.82, 2.24) is 9.78 Å². The van der Waals surface area contributed by atoms with Crippen LogP contribution in [0.4, 0.5) is 5.82 Å². The van der Waals surface area contributed by atoms with Gasteiger partial charge in [0.15, 0.2) is 11.2 Å². The van der Waals surface area contributed by atoms with Crippen LogP contribution in [-0.2, 0) is 6.54 Å². The minimum atomic E-state index is -0.537. The average molecular weight is 414 g/mol. The zero-order valence-electron chi connectivity index (χ0n) is 13.3. The van der Waals surface area contributed by atoms with E-state index < -0.39 is 5.91 Å². The Bertz CT molecular complexity index is 1140. The van der Waals surface area contributed by atoms with Gasteiger partial charge >= 0.3 is 0 Å². The van der Waals surface area contributed by atoms with Gasteiger partial charge in [0.05, 0.1) is 17.8 Å². The normalized spacial score (nSPS) is 11.0. The van der Waals surface area contributed by atoms with Gasteiger partial charge < -0.3 is 14.2 Å². The van der Waals surface area contributed by atoms with E-state index >= 15 is 0 Å². The van der Waals surface area contributed by atoms with Gasteiger partial charge in [0.1, 0.15) is 23.7 Å². The highest BCUT2D eigenvalue weighted by molar-refractivity contribution is 9.10. The van der Waals surface area contributed by atoms with Crippen LogP contribution in [0.15, 0.2) is 73.0 Å². The molecule has 130 valence electrons. The summed E-state index contributed by atoms with van der Waals surface area (Å²) < 4.78 is 13.2. The van der Waals surface area contributed by atoms with Crippen molar-refractivity contribution in [2.45, 2.75) is 6.54 Å². The maximum absolute atomic E-state index is 12.5. The summed E-state index contributed by atoms with van der Waals surface area (Å²) in [4.78, 5) is 24.7. The van der Waals surface area contributed by atoms with Gasteiger partial charge in [-0.15, -0.1) is 0 Å². The molecule has 0 spiro atoms. The first-order valence-electron chi connectivity index (χ1n) is 7.69. The van der Waals surface area contributed by atoms with Crippen molar-refractivity contribution in [2.75, 3.05) is 5.32 Å². The Morgan fingerprint density at radius 1 is 1.23 bits per heavy atom. The Morgan fingerprint density at radius 2 is 2.12 bits per heavy atom. The third-order valence-corrected chi connectivity index (χ3v) is 4.25. The molecule has 0 fully saturated rings. The number of halogens is 1. The van der Waals surface area contributed by atoms with E-state index in [1.54, 1.807) is 47.5 Å². The number of furan rings is 1. The van der Waals surface area contributed by atoms with Gasteiger partial charge in [-0.3, -0.25) is 9.59 Å². The minimum absolute atomic E-state index is 0.0775. The SMILES string of the molecule is O=C(Nc1ccnn1Cc1ccco1)c1cc(=O)c2ccc(Br)cc2o1. The van der Waals surface area contributed by atoms with Gasteiger partial charge in [-0.05, 0) is 30.3 Å². The lowest BCUT2D eigenvalue weighted by Crippen LogP contribution is -2.18. The molecule has 0 aliphatic rings. The molecular weight excluding hydrogens is 402 g/mol. The highest BCUT2D eigenvalue weighted by Crippen LogP contribution is 2.19. The van der Waals surface area contributed by atoms with Crippen LogP contribution in [0.2, 0.25) is 0 Å². The van der Waals surface area contributed by atoms with Gasteiger partial charge in [-0.2, -0.15) is 5.10 Å². The van der Waals surface area contributed by atoms with Crippen LogP contribution in [-0.4, -0.2) is 15.7 Å². The van der Waals surface area contributed by atoms with Crippen LogP contribution in [0, 0.1) is 0 Å². The van der Waals surface area contributed by atoms with E-state index in [9.17, 15) is 9.59 Å². The molecule has 4 rings (SSSR count). The Hall–Kier alpha value is -3.13. The number of rotatable bonds is 4. The summed E-state index contributed by atoms with van der Waals surface area (Å²) in [7, 11) is 0. The summed E-state index contributed by atoms with van der Waals surface area (Å²) in [5, 5.41) is 7.27. The van der Waals surface area contributed by atoms with E-state index in [0.717, 1.165) is 4.47 Å². The number of benzene rings is 1. The molecule has 3 aromatic heterocycles. The number of carbonyl (C=O) groups excluding carboxylic acids is 1. The van der Waals surface area contributed by atoms with E-state index in [-0.39, 0.29) is 11.2 Å². The Morgan fingerprint density at radius 3 is 2.92 bits per heavy atom. The molecule has 3 heterocycles. The third kappa shape index (κ3) is 3.18. The first-order chi connectivity index (χ1) is 12.6. The smallest absolute Gasteiger partial charge is 0.292 e. The Labute approximate surface area is 155 Å². The molecule has 0 atom stereocenters. The number of amides is 1. The first kappa shape index (κ1) is 16.3. The van der Waals surface area contributed by atoms with Crippen molar-refractivity contribution in [3.05, 3.63) is 81.1 Å². The zero-order chi connectivity index (χ0) is 18.1. The van der Waals surface area contributed by atoms with Gasteiger partial charge in [-0.25, -0.2) is 4.68 Å². The fourth-order valence-corrected chi connectivity index (χ4v) is 2.87.